The Kier molecular flexibility index (Phi) is 4.63. The van der Waals surface area contributed by atoms with Gasteiger partial charge < -0.3 is 15.8 Å². The van der Waals surface area contributed by atoms with Crippen LogP contribution in [0, 0.1) is 0 Å². The minimum absolute atomic E-state index is 0.0618. The molecule has 0 spiro atoms. The van der Waals surface area contributed by atoms with Crippen LogP contribution >= 0.6 is 0 Å². The van der Waals surface area contributed by atoms with Crippen molar-refractivity contribution in [2.24, 2.45) is 5.73 Å². The van der Waals surface area contributed by atoms with Crippen molar-refractivity contribution in [2.45, 2.75) is 19.6 Å². The maximum atomic E-state index is 11.2. The number of carbonyl (C=O) groups is 1. The Bertz CT molecular complexity index is 301. The van der Waals surface area contributed by atoms with E-state index in [1.807, 2.05) is 37.3 Å². The zero-order valence-electron chi connectivity index (χ0n) is 8.77. The van der Waals surface area contributed by atoms with Crippen molar-refractivity contribution in [1.82, 2.24) is 5.32 Å². The fourth-order valence-corrected chi connectivity index (χ4v) is 1.02. The first-order chi connectivity index (χ1) is 7.22. The van der Waals surface area contributed by atoms with E-state index in [2.05, 4.69) is 5.32 Å². The number of nitrogens with two attached hydrogens (primary N) is 1. The van der Waals surface area contributed by atoms with Gasteiger partial charge in [-0.25, -0.2) is 4.79 Å². The number of rotatable bonds is 4. The summed E-state index contributed by atoms with van der Waals surface area (Å²) in [6.07, 6.45) is -0.434. The predicted octanol–water partition coefficient (Wildman–Crippen LogP) is 1.26. The van der Waals surface area contributed by atoms with Gasteiger partial charge >= 0.3 is 6.09 Å². The lowest BCUT2D eigenvalue weighted by Gasteiger charge is -2.11. The van der Waals surface area contributed by atoms with Gasteiger partial charge in [-0.2, -0.15) is 0 Å². The number of hydrogen-bond donors (Lipinski definition) is 2. The summed E-state index contributed by atoms with van der Waals surface area (Å²) in [6, 6.07) is 9.46. The average Bonchev–Trinajstić information content (AvgIpc) is 2.27. The third kappa shape index (κ3) is 4.46. The van der Waals surface area contributed by atoms with Gasteiger partial charge in [0, 0.05) is 12.6 Å². The fourth-order valence-electron chi connectivity index (χ4n) is 1.02. The van der Waals surface area contributed by atoms with Gasteiger partial charge in [0.1, 0.15) is 6.61 Å². The first-order valence-corrected chi connectivity index (χ1v) is 4.89. The molecule has 0 bridgehead atoms. The molecule has 4 heteroatoms. The lowest BCUT2D eigenvalue weighted by molar-refractivity contribution is 0.136. The van der Waals surface area contributed by atoms with Crippen molar-refractivity contribution < 1.29 is 9.53 Å². The summed E-state index contributed by atoms with van der Waals surface area (Å²) in [4.78, 5) is 11.2. The number of amides is 1. The quantitative estimate of drug-likeness (QED) is 0.783. The van der Waals surface area contributed by atoms with E-state index < -0.39 is 6.09 Å². The van der Waals surface area contributed by atoms with E-state index in [0.717, 1.165) is 5.56 Å². The zero-order valence-corrected chi connectivity index (χ0v) is 8.77. The van der Waals surface area contributed by atoms with Crippen molar-refractivity contribution in [3.8, 4) is 0 Å². The number of benzene rings is 1. The minimum Gasteiger partial charge on any atom is -0.445 e. The Hall–Kier alpha value is -1.55. The molecule has 0 heterocycles. The molecule has 0 unspecified atom stereocenters. The molecule has 1 rings (SSSR count). The molecule has 82 valence electrons. The second-order valence-corrected chi connectivity index (χ2v) is 3.34. The first-order valence-electron chi connectivity index (χ1n) is 4.89. The van der Waals surface area contributed by atoms with Crippen LogP contribution < -0.4 is 11.1 Å². The number of hydrogen-bond acceptors (Lipinski definition) is 3. The molecule has 0 aliphatic rings. The maximum Gasteiger partial charge on any atom is 0.407 e. The maximum absolute atomic E-state index is 11.2. The third-order valence-electron chi connectivity index (χ3n) is 1.93. The molecule has 1 aromatic rings. The minimum atomic E-state index is -0.434. The normalized spacial score (nSPS) is 11.9. The second-order valence-electron chi connectivity index (χ2n) is 3.34. The van der Waals surface area contributed by atoms with Crippen molar-refractivity contribution in [1.29, 1.82) is 0 Å². The van der Waals surface area contributed by atoms with Crippen molar-refractivity contribution in [3.63, 3.8) is 0 Å². The van der Waals surface area contributed by atoms with Crippen LogP contribution in [0.2, 0.25) is 0 Å². The summed E-state index contributed by atoms with van der Waals surface area (Å²) in [5, 5.41) is 2.61. The summed E-state index contributed by atoms with van der Waals surface area (Å²) >= 11 is 0. The van der Waals surface area contributed by atoms with Crippen LogP contribution in [0.4, 0.5) is 4.79 Å². The SMILES string of the molecule is C[C@H](CN)NC(=O)OCc1ccccc1. The summed E-state index contributed by atoms with van der Waals surface area (Å²) in [6.45, 7) is 2.51. The van der Waals surface area contributed by atoms with Gasteiger partial charge in [-0.1, -0.05) is 30.3 Å². The number of ether oxygens (including phenoxy) is 1. The molecule has 1 aromatic carbocycles. The number of alkyl carbamates (subject to hydrolysis) is 1. The van der Waals surface area contributed by atoms with E-state index >= 15 is 0 Å². The summed E-state index contributed by atoms with van der Waals surface area (Å²) in [5.41, 5.74) is 6.32. The van der Waals surface area contributed by atoms with Crippen LogP contribution in [-0.4, -0.2) is 18.7 Å². The Balaban J connectivity index is 2.29. The molecule has 3 N–H and O–H groups in total. The molecular weight excluding hydrogens is 192 g/mol. The smallest absolute Gasteiger partial charge is 0.407 e. The predicted molar refractivity (Wildman–Crippen MR) is 58.3 cm³/mol. The lowest BCUT2D eigenvalue weighted by atomic mass is 10.2. The molecular formula is C11H16N2O2. The highest BCUT2D eigenvalue weighted by Gasteiger charge is 2.05. The Morgan fingerprint density at radius 2 is 2.13 bits per heavy atom. The molecule has 1 atom stereocenters. The molecule has 0 fully saturated rings. The van der Waals surface area contributed by atoms with Gasteiger partial charge in [0.05, 0.1) is 0 Å². The molecule has 0 radical (unpaired) electrons. The van der Waals surface area contributed by atoms with Crippen LogP contribution in [0.1, 0.15) is 12.5 Å². The molecule has 15 heavy (non-hydrogen) atoms. The number of carbonyl (C=O) groups excluding carboxylic acids is 1. The van der Waals surface area contributed by atoms with Crippen molar-refractivity contribution >= 4 is 6.09 Å². The molecule has 1 amide bonds. The van der Waals surface area contributed by atoms with E-state index in [4.69, 9.17) is 10.5 Å². The highest BCUT2D eigenvalue weighted by atomic mass is 16.5. The molecule has 0 aromatic heterocycles. The Morgan fingerprint density at radius 3 is 2.73 bits per heavy atom. The molecule has 0 saturated heterocycles. The zero-order chi connectivity index (χ0) is 11.1. The largest absolute Gasteiger partial charge is 0.445 e. The molecule has 0 aliphatic carbocycles. The van der Waals surface area contributed by atoms with Crippen LogP contribution in [0.5, 0.6) is 0 Å². The van der Waals surface area contributed by atoms with Gasteiger partial charge in [-0.05, 0) is 12.5 Å². The number of nitrogens with one attached hydrogen (secondary N) is 1. The lowest BCUT2D eigenvalue weighted by Crippen LogP contribution is -2.38. The summed E-state index contributed by atoms with van der Waals surface area (Å²) < 4.78 is 4.99. The van der Waals surface area contributed by atoms with Crippen molar-refractivity contribution in [2.75, 3.05) is 6.54 Å². The Morgan fingerprint density at radius 1 is 1.47 bits per heavy atom. The first kappa shape index (κ1) is 11.5. The molecule has 4 nitrogen and oxygen atoms in total. The van der Waals surface area contributed by atoms with E-state index in [-0.39, 0.29) is 12.6 Å². The van der Waals surface area contributed by atoms with E-state index in [1.165, 1.54) is 0 Å². The van der Waals surface area contributed by atoms with Gasteiger partial charge in [-0.3, -0.25) is 0 Å². The fraction of sp³-hybridized carbons (Fsp3) is 0.364. The van der Waals surface area contributed by atoms with Gasteiger partial charge in [0.25, 0.3) is 0 Å². The highest BCUT2D eigenvalue weighted by Crippen LogP contribution is 2.00. The second kappa shape index (κ2) is 6.03. The highest BCUT2D eigenvalue weighted by molar-refractivity contribution is 5.67. The molecule has 0 saturated carbocycles. The average molecular weight is 208 g/mol. The van der Waals surface area contributed by atoms with Crippen LogP contribution in [0.15, 0.2) is 30.3 Å². The van der Waals surface area contributed by atoms with Crippen LogP contribution in [0.25, 0.3) is 0 Å². The monoisotopic (exact) mass is 208 g/mol. The topological polar surface area (TPSA) is 64.3 Å². The third-order valence-corrected chi connectivity index (χ3v) is 1.93. The molecule has 0 aliphatic heterocycles. The Labute approximate surface area is 89.4 Å². The van der Waals surface area contributed by atoms with Gasteiger partial charge in [0.15, 0.2) is 0 Å². The van der Waals surface area contributed by atoms with Crippen molar-refractivity contribution in [3.05, 3.63) is 35.9 Å². The van der Waals surface area contributed by atoms with Crippen LogP contribution in [-0.2, 0) is 11.3 Å². The van der Waals surface area contributed by atoms with Crippen LogP contribution in [0.3, 0.4) is 0 Å². The van der Waals surface area contributed by atoms with Gasteiger partial charge in [-0.15, -0.1) is 0 Å². The van der Waals surface area contributed by atoms with Gasteiger partial charge in [0.2, 0.25) is 0 Å². The van der Waals surface area contributed by atoms with E-state index in [0.29, 0.717) is 6.54 Å². The summed E-state index contributed by atoms with van der Waals surface area (Å²) in [7, 11) is 0. The van der Waals surface area contributed by atoms with E-state index in [9.17, 15) is 4.79 Å². The summed E-state index contributed by atoms with van der Waals surface area (Å²) in [5.74, 6) is 0. The standard InChI is InChI=1S/C11H16N2O2/c1-9(7-12)13-11(14)15-8-10-5-3-2-4-6-10/h2-6,9H,7-8,12H2,1H3,(H,13,14)/t9-/m1/s1. The van der Waals surface area contributed by atoms with E-state index in [1.54, 1.807) is 0 Å².